The van der Waals surface area contributed by atoms with Crippen LogP contribution < -0.4 is 0 Å². The molecular weight excluding hydrogens is 390 g/mol. The standard InChI is InChI=1S/C27H42F2Si/c1-3-4-5-18-30(2)19-16-23(17-20-30)7-6-22-8-12-25(13-9-22)26-14-10-24(11-15-26)21-27(28)29/h10-11,14-15,21-23,25H,3-9,12-13,16-20H2,1-2H3. The van der Waals surface area contributed by atoms with E-state index in [1.165, 1.54) is 76.2 Å². The Hall–Kier alpha value is -0.963. The number of unbranched alkanes of at least 4 members (excludes halogenated alkanes) is 2. The maximum absolute atomic E-state index is 12.4. The molecule has 0 radical (unpaired) electrons. The molecule has 1 saturated heterocycles. The molecule has 0 unspecified atom stereocenters. The summed E-state index contributed by atoms with van der Waals surface area (Å²) in [6.07, 6.45) is 14.8. The molecule has 0 spiro atoms. The van der Waals surface area contributed by atoms with Crippen LogP contribution in [0.15, 0.2) is 30.3 Å². The molecule has 0 amide bonds. The second kappa shape index (κ2) is 11.6. The number of halogens is 2. The first-order valence-corrected chi connectivity index (χ1v) is 15.7. The van der Waals surface area contributed by atoms with Gasteiger partial charge in [0.15, 0.2) is 0 Å². The third-order valence-corrected chi connectivity index (χ3v) is 12.8. The second-order valence-electron chi connectivity index (χ2n) is 10.6. The van der Waals surface area contributed by atoms with Crippen LogP contribution >= 0.6 is 0 Å². The first-order valence-electron chi connectivity index (χ1n) is 12.6. The van der Waals surface area contributed by atoms with Crippen molar-refractivity contribution < 1.29 is 8.78 Å². The summed E-state index contributed by atoms with van der Waals surface area (Å²) < 4.78 is 24.8. The van der Waals surface area contributed by atoms with Gasteiger partial charge in [0.2, 0.25) is 0 Å². The lowest BCUT2D eigenvalue weighted by atomic mass is 9.76. The maximum Gasteiger partial charge on any atom is 0.270 e. The Kier molecular flexibility index (Phi) is 9.16. The van der Waals surface area contributed by atoms with E-state index in [1.807, 2.05) is 12.1 Å². The Morgan fingerprint density at radius 1 is 0.900 bits per heavy atom. The van der Waals surface area contributed by atoms with E-state index in [4.69, 9.17) is 0 Å². The minimum absolute atomic E-state index is 0.601. The van der Waals surface area contributed by atoms with E-state index in [0.717, 1.165) is 17.9 Å². The van der Waals surface area contributed by atoms with Gasteiger partial charge in [0.1, 0.15) is 0 Å². The number of rotatable bonds is 9. The van der Waals surface area contributed by atoms with Crippen molar-refractivity contribution in [2.75, 3.05) is 0 Å². The molecule has 30 heavy (non-hydrogen) atoms. The van der Waals surface area contributed by atoms with E-state index < -0.39 is 14.2 Å². The Bertz CT molecular complexity index is 646. The highest BCUT2D eigenvalue weighted by molar-refractivity contribution is 6.78. The maximum atomic E-state index is 12.4. The van der Waals surface area contributed by atoms with Crippen LogP contribution in [0, 0.1) is 11.8 Å². The summed E-state index contributed by atoms with van der Waals surface area (Å²) in [5, 5.41) is 0. The van der Waals surface area contributed by atoms with Crippen LogP contribution in [0.5, 0.6) is 0 Å². The summed E-state index contributed by atoms with van der Waals surface area (Å²) >= 11 is 0. The number of hydrogen-bond acceptors (Lipinski definition) is 0. The predicted octanol–water partition coefficient (Wildman–Crippen LogP) is 9.66. The molecule has 2 aliphatic rings. The summed E-state index contributed by atoms with van der Waals surface area (Å²) in [5.41, 5.74) is 1.94. The van der Waals surface area contributed by atoms with Crippen LogP contribution in [0.1, 0.15) is 94.6 Å². The monoisotopic (exact) mass is 432 g/mol. The molecule has 0 N–H and O–H groups in total. The van der Waals surface area contributed by atoms with Crippen molar-refractivity contribution in [3.63, 3.8) is 0 Å². The Morgan fingerprint density at radius 2 is 1.50 bits per heavy atom. The van der Waals surface area contributed by atoms with Crippen LogP contribution in [0.25, 0.3) is 6.08 Å². The van der Waals surface area contributed by atoms with Gasteiger partial charge in [-0.05, 0) is 54.6 Å². The Balaban J connectivity index is 1.35. The molecule has 0 atom stereocenters. The largest absolute Gasteiger partial charge is 0.270 e. The molecular formula is C27H42F2Si. The molecule has 1 aliphatic carbocycles. The zero-order valence-electron chi connectivity index (χ0n) is 19.3. The van der Waals surface area contributed by atoms with Crippen molar-refractivity contribution in [1.82, 2.24) is 0 Å². The first-order chi connectivity index (χ1) is 14.5. The highest BCUT2D eigenvalue weighted by Gasteiger charge is 2.32. The smallest absolute Gasteiger partial charge is 0.173 e. The van der Waals surface area contributed by atoms with Gasteiger partial charge in [-0.3, -0.25) is 0 Å². The SMILES string of the molecule is CCCCC[Si]1(C)CCC(CCC2CCC(c3ccc(C=C(F)F)cc3)CC2)CC1. The highest BCUT2D eigenvalue weighted by atomic mass is 28.3. The first kappa shape index (κ1) is 23.7. The Labute approximate surface area is 184 Å². The lowest BCUT2D eigenvalue weighted by molar-refractivity contribution is 0.279. The van der Waals surface area contributed by atoms with E-state index in [-0.39, 0.29) is 0 Å². The summed E-state index contributed by atoms with van der Waals surface area (Å²) in [6, 6.07) is 12.5. The van der Waals surface area contributed by atoms with Gasteiger partial charge in [-0.25, -0.2) is 0 Å². The van der Waals surface area contributed by atoms with Crippen LogP contribution in [0.3, 0.4) is 0 Å². The molecule has 1 heterocycles. The average Bonchev–Trinajstić information content (AvgIpc) is 2.74. The van der Waals surface area contributed by atoms with Crippen molar-refractivity contribution >= 4 is 14.1 Å². The average molecular weight is 433 g/mol. The molecule has 1 saturated carbocycles. The van der Waals surface area contributed by atoms with Gasteiger partial charge in [0.25, 0.3) is 6.08 Å². The van der Waals surface area contributed by atoms with E-state index in [1.54, 1.807) is 18.1 Å². The van der Waals surface area contributed by atoms with E-state index in [0.29, 0.717) is 11.5 Å². The number of benzene rings is 1. The molecule has 1 aliphatic heterocycles. The molecule has 0 nitrogen and oxygen atoms in total. The highest BCUT2D eigenvalue weighted by Crippen LogP contribution is 2.41. The normalized spacial score (nSPS) is 29.5. The molecule has 3 rings (SSSR count). The summed E-state index contributed by atoms with van der Waals surface area (Å²) in [5.74, 6) is 2.55. The van der Waals surface area contributed by atoms with E-state index in [9.17, 15) is 8.78 Å². The predicted molar refractivity (Wildman–Crippen MR) is 129 cm³/mol. The lowest BCUT2D eigenvalue weighted by Crippen LogP contribution is -2.34. The van der Waals surface area contributed by atoms with Crippen LogP contribution in [0.4, 0.5) is 8.78 Å². The van der Waals surface area contributed by atoms with Gasteiger partial charge in [-0.2, -0.15) is 8.78 Å². The molecule has 168 valence electrons. The minimum Gasteiger partial charge on any atom is -0.173 e. The van der Waals surface area contributed by atoms with Gasteiger partial charge in [-0.15, -0.1) is 0 Å². The molecule has 0 aromatic heterocycles. The quantitative estimate of drug-likeness (QED) is 0.269. The fourth-order valence-corrected chi connectivity index (χ4v) is 10.0. The summed E-state index contributed by atoms with van der Waals surface area (Å²) in [6.45, 7) is 5.00. The van der Waals surface area contributed by atoms with Gasteiger partial charge < -0.3 is 0 Å². The Morgan fingerprint density at radius 3 is 2.07 bits per heavy atom. The molecule has 1 aromatic carbocycles. The van der Waals surface area contributed by atoms with Crippen molar-refractivity contribution in [1.29, 1.82) is 0 Å². The lowest BCUT2D eigenvalue weighted by Gasteiger charge is -2.37. The fraction of sp³-hybridized carbons (Fsp3) is 0.704. The minimum atomic E-state index is -1.62. The summed E-state index contributed by atoms with van der Waals surface area (Å²) in [4.78, 5) is 0. The van der Waals surface area contributed by atoms with Crippen molar-refractivity contribution in [2.45, 2.75) is 108 Å². The van der Waals surface area contributed by atoms with E-state index >= 15 is 0 Å². The molecule has 1 aromatic rings. The molecule has 0 bridgehead atoms. The topological polar surface area (TPSA) is 0 Å². The number of hydrogen-bond donors (Lipinski definition) is 0. The van der Waals surface area contributed by atoms with E-state index in [2.05, 4.69) is 25.6 Å². The van der Waals surface area contributed by atoms with Crippen molar-refractivity contribution in [3.05, 3.63) is 41.5 Å². The van der Waals surface area contributed by atoms with Crippen LogP contribution in [0.2, 0.25) is 24.7 Å². The third-order valence-electron chi connectivity index (χ3n) is 8.21. The molecule has 2 fully saturated rings. The van der Waals surface area contributed by atoms with Crippen molar-refractivity contribution in [2.24, 2.45) is 11.8 Å². The van der Waals surface area contributed by atoms with Crippen molar-refractivity contribution in [3.8, 4) is 0 Å². The third kappa shape index (κ3) is 7.32. The van der Waals surface area contributed by atoms with Gasteiger partial charge >= 0.3 is 0 Å². The zero-order valence-corrected chi connectivity index (χ0v) is 20.3. The molecule has 3 heteroatoms. The van der Waals surface area contributed by atoms with Gasteiger partial charge in [-0.1, -0.05) is 101 Å². The van der Waals surface area contributed by atoms with Gasteiger partial charge in [0.05, 0.1) is 8.07 Å². The van der Waals surface area contributed by atoms with Crippen LogP contribution in [-0.4, -0.2) is 8.07 Å². The fourth-order valence-electron chi connectivity index (χ4n) is 5.96. The summed E-state index contributed by atoms with van der Waals surface area (Å²) in [7, 11) is -0.889. The van der Waals surface area contributed by atoms with Gasteiger partial charge in [0, 0.05) is 6.08 Å². The van der Waals surface area contributed by atoms with Crippen LogP contribution in [-0.2, 0) is 0 Å². The zero-order chi connectivity index (χ0) is 21.4. The second-order valence-corrected chi connectivity index (χ2v) is 15.7.